The second-order valence-electron chi connectivity index (χ2n) is 7.08. The van der Waals surface area contributed by atoms with Crippen LogP contribution in [0.25, 0.3) is 0 Å². The summed E-state index contributed by atoms with van der Waals surface area (Å²) in [6.45, 7) is 6.05. The molecular weight excluding hydrogens is 372 g/mol. The molecule has 1 saturated heterocycles. The molecule has 2 aromatic rings. The number of piperazine rings is 1. The lowest BCUT2D eigenvalue weighted by Gasteiger charge is -2.36. The summed E-state index contributed by atoms with van der Waals surface area (Å²) >= 11 is 0. The Bertz CT molecular complexity index is 861. The first-order chi connectivity index (χ1) is 14.0. The maximum Gasteiger partial charge on any atom is 0.271 e. The molecule has 0 saturated carbocycles. The van der Waals surface area contributed by atoms with Crippen LogP contribution in [0.1, 0.15) is 12.0 Å². The number of anilines is 2. The van der Waals surface area contributed by atoms with Gasteiger partial charge < -0.3 is 15.0 Å². The summed E-state index contributed by atoms with van der Waals surface area (Å²) in [4.78, 5) is 27.3. The molecule has 1 fully saturated rings. The fraction of sp³-hybridized carbons (Fsp3) is 0.381. The van der Waals surface area contributed by atoms with Gasteiger partial charge in [0.25, 0.3) is 5.69 Å². The van der Waals surface area contributed by atoms with Crippen molar-refractivity contribution in [3.8, 4) is 5.75 Å². The quantitative estimate of drug-likeness (QED) is 0.570. The van der Waals surface area contributed by atoms with Crippen LogP contribution < -0.4 is 15.0 Å². The minimum absolute atomic E-state index is 0.0273. The molecule has 0 spiro atoms. The number of nitro groups is 1. The van der Waals surface area contributed by atoms with Gasteiger partial charge in [-0.3, -0.25) is 19.8 Å². The monoisotopic (exact) mass is 398 g/mol. The van der Waals surface area contributed by atoms with Crippen molar-refractivity contribution >= 4 is 23.0 Å². The summed E-state index contributed by atoms with van der Waals surface area (Å²) in [5, 5.41) is 13.7. The number of non-ortho nitro benzene ring substituents is 1. The Labute approximate surface area is 170 Å². The third-order valence-electron chi connectivity index (χ3n) is 5.17. The number of carbonyl (C=O) groups is 1. The summed E-state index contributed by atoms with van der Waals surface area (Å²) in [5.41, 5.74) is 2.44. The van der Waals surface area contributed by atoms with Crippen LogP contribution in [0.15, 0.2) is 42.5 Å². The van der Waals surface area contributed by atoms with E-state index in [1.54, 1.807) is 13.2 Å². The number of rotatable bonds is 7. The van der Waals surface area contributed by atoms with Crippen LogP contribution in [-0.2, 0) is 4.79 Å². The number of hydrogen-bond donors (Lipinski definition) is 1. The summed E-state index contributed by atoms with van der Waals surface area (Å²) < 4.78 is 5.20. The Balaban J connectivity index is 1.46. The average Bonchev–Trinajstić information content (AvgIpc) is 2.74. The highest BCUT2D eigenvalue weighted by Gasteiger charge is 2.18. The van der Waals surface area contributed by atoms with E-state index in [2.05, 4.69) is 27.2 Å². The number of carbonyl (C=O) groups excluding carboxylic acids is 1. The molecule has 0 unspecified atom stereocenters. The van der Waals surface area contributed by atoms with Gasteiger partial charge in [-0.1, -0.05) is 6.07 Å². The van der Waals surface area contributed by atoms with Crippen LogP contribution in [0.4, 0.5) is 17.1 Å². The summed E-state index contributed by atoms with van der Waals surface area (Å²) in [5.74, 6) is 0.712. The zero-order chi connectivity index (χ0) is 20.8. The molecule has 1 heterocycles. The van der Waals surface area contributed by atoms with E-state index in [9.17, 15) is 14.9 Å². The maximum absolute atomic E-state index is 12.3. The second-order valence-corrected chi connectivity index (χ2v) is 7.08. The molecule has 0 bridgehead atoms. The first kappa shape index (κ1) is 20.6. The number of nitrogens with zero attached hydrogens (tertiary/aromatic N) is 3. The van der Waals surface area contributed by atoms with Gasteiger partial charge in [-0.05, 0) is 36.8 Å². The summed E-state index contributed by atoms with van der Waals surface area (Å²) in [7, 11) is 1.66. The number of nitrogens with one attached hydrogen (secondary N) is 1. The van der Waals surface area contributed by atoms with E-state index in [-0.39, 0.29) is 11.6 Å². The van der Waals surface area contributed by atoms with Crippen molar-refractivity contribution in [2.45, 2.75) is 13.3 Å². The second kappa shape index (κ2) is 9.38. The lowest BCUT2D eigenvalue weighted by Crippen LogP contribution is -2.47. The third kappa shape index (κ3) is 5.45. The number of nitro benzene ring substituents is 1. The van der Waals surface area contributed by atoms with Gasteiger partial charge in [0.05, 0.1) is 17.7 Å². The van der Waals surface area contributed by atoms with Crippen LogP contribution >= 0.6 is 0 Å². The molecule has 2 aromatic carbocycles. The Morgan fingerprint density at radius 3 is 2.45 bits per heavy atom. The number of hydrogen-bond acceptors (Lipinski definition) is 6. The lowest BCUT2D eigenvalue weighted by atomic mass is 10.1. The lowest BCUT2D eigenvalue weighted by molar-refractivity contribution is -0.384. The van der Waals surface area contributed by atoms with Crippen LogP contribution in [0.2, 0.25) is 0 Å². The zero-order valence-corrected chi connectivity index (χ0v) is 16.8. The van der Waals surface area contributed by atoms with E-state index >= 15 is 0 Å². The van der Waals surface area contributed by atoms with Crippen molar-refractivity contribution in [1.82, 2.24) is 4.90 Å². The van der Waals surface area contributed by atoms with E-state index in [0.29, 0.717) is 18.7 Å². The van der Waals surface area contributed by atoms with E-state index in [0.717, 1.165) is 37.5 Å². The smallest absolute Gasteiger partial charge is 0.271 e. The van der Waals surface area contributed by atoms with Crippen molar-refractivity contribution < 1.29 is 14.5 Å². The number of amides is 1. The molecular formula is C21H26N4O4. The predicted octanol–water partition coefficient (Wildman–Crippen LogP) is 3.06. The van der Waals surface area contributed by atoms with Crippen molar-refractivity contribution in [2.24, 2.45) is 0 Å². The fourth-order valence-electron chi connectivity index (χ4n) is 3.35. The van der Waals surface area contributed by atoms with Crippen LogP contribution in [0.3, 0.4) is 0 Å². The number of ether oxygens (including phenoxy) is 1. The summed E-state index contributed by atoms with van der Waals surface area (Å²) in [6, 6.07) is 12.5. The molecule has 8 heteroatoms. The predicted molar refractivity (Wildman–Crippen MR) is 113 cm³/mol. The van der Waals surface area contributed by atoms with Crippen molar-refractivity contribution in [3.63, 3.8) is 0 Å². The van der Waals surface area contributed by atoms with E-state index < -0.39 is 4.92 Å². The number of aryl methyl sites for hydroxylation is 1. The van der Waals surface area contributed by atoms with Crippen molar-refractivity contribution in [3.05, 3.63) is 58.1 Å². The molecule has 1 aliphatic rings. The molecule has 0 atom stereocenters. The van der Waals surface area contributed by atoms with Gasteiger partial charge in [0.2, 0.25) is 5.91 Å². The Morgan fingerprint density at radius 2 is 1.83 bits per heavy atom. The Kier molecular flexibility index (Phi) is 6.66. The van der Waals surface area contributed by atoms with Crippen LogP contribution in [0, 0.1) is 17.0 Å². The molecule has 1 aliphatic heterocycles. The van der Waals surface area contributed by atoms with Gasteiger partial charge in [-0.15, -0.1) is 0 Å². The SMILES string of the molecule is COc1ccc(N2CCN(CCC(=O)Nc3cc([N+](=O)[O-])ccc3C)CC2)cc1. The minimum atomic E-state index is -0.461. The first-order valence-electron chi connectivity index (χ1n) is 9.62. The average molecular weight is 398 g/mol. The summed E-state index contributed by atoms with van der Waals surface area (Å²) in [6.07, 6.45) is 0.352. The normalized spacial score (nSPS) is 14.5. The highest BCUT2D eigenvalue weighted by Crippen LogP contribution is 2.22. The highest BCUT2D eigenvalue weighted by atomic mass is 16.6. The Morgan fingerprint density at radius 1 is 1.14 bits per heavy atom. The molecule has 0 aromatic heterocycles. The molecule has 1 amide bonds. The molecule has 154 valence electrons. The van der Waals surface area contributed by atoms with Gasteiger partial charge >= 0.3 is 0 Å². The van der Waals surface area contributed by atoms with Crippen molar-refractivity contribution in [2.75, 3.05) is 50.1 Å². The van der Waals surface area contributed by atoms with E-state index in [4.69, 9.17) is 4.74 Å². The molecule has 8 nitrogen and oxygen atoms in total. The van der Waals surface area contributed by atoms with Gasteiger partial charge in [0.1, 0.15) is 5.75 Å². The van der Waals surface area contributed by atoms with Crippen LogP contribution in [-0.4, -0.2) is 55.6 Å². The topological polar surface area (TPSA) is 88.0 Å². The zero-order valence-electron chi connectivity index (χ0n) is 16.8. The standard InChI is InChI=1S/C21H26N4O4/c1-16-3-4-18(25(27)28)15-20(16)22-21(26)9-10-23-11-13-24(14-12-23)17-5-7-19(29-2)8-6-17/h3-8,15H,9-14H2,1-2H3,(H,22,26). The Hall–Kier alpha value is -3.13. The number of benzene rings is 2. The van der Waals surface area contributed by atoms with Gasteiger partial charge in [0, 0.05) is 57.0 Å². The third-order valence-corrected chi connectivity index (χ3v) is 5.17. The molecule has 0 radical (unpaired) electrons. The largest absolute Gasteiger partial charge is 0.497 e. The molecule has 3 rings (SSSR count). The fourth-order valence-corrected chi connectivity index (χ4v) is 3.35. The maximum atomic E-state index is 12.3. The minimum Gasteiger partial charge on any atom is -0.497 e. The van der Waals surface area contributed by atoms with Gasteiger partial charge in [-0.2, -0.15) is 0 Å². The van der Waals surface area contributed by atoms with Crippen molar-refractivity contribution in [1.29, 1.82) is 0 Å². The van der Waals surface area contributed by atoms with Crippen LogP contribution in [0.5, 0.6) is 5.75 Å². The van der Waals surface area contributed by atoms with E-state index in [1.807, 2.05) is 19.1 Å². The van der Waals surface area contributed by atoms with Gasteiger partial charge in [0.15, 0.2) is 0 Å². The first-order valence-corrected chi connectivity index (χ1v) is 9.62. The molecule has 0 aliphatic carbocycles. The molecule has 1 N–H and O–H groups in total. The van der Waals surface area contributed by atoms with E-state index in [1.165, 1.54) is 17.8 Å². The highest BCUT2D eigenvalue weighted by molar-refractivity contribution is 5.92. The molecule has 29 heavy (non-hydrogen) atoms. The number of methoxy groups -OCH3 is 1. The van der Waals surface area contributed by atoms with Gasteiger partial charge in [-0.25, -0.2) is 0 Å².